The summed E-state index contributed by atoms with van der Waals surface area (Å²) in [7, 11) is 3.03. The average Bonchev–Trinajstić information content (AvgIpc) is 2.84. The maximum Gasteiger partial charge on any atom is 0.224 e. The standard InChI is InChI=1S/C25H28N6O3/c1-33-19-8-14(9-20(34-2)17(19)11-32)18-10-27-23-22(28-18)24(31-25(26)30-23)29-21-15-4-12-3-13(6-15)7-16(21)5-12/h8-13,15-16,21H,3-7H2,1-2H3,(H3,26,27,29,30,31). The molecule has 0 radical (unpaired) electrons. The number of aromatic nitrogens is 4. The van der Waals surface area contributed by atoms with Crippen LogP contribution in [0.3, 0.4) is 0 Å². The van der Waals surface area contributed by atoms with E-state index in [0.29, 0.717) is 63.2 Å². The highest BCUT2D eigenvalue weighted by Gasteiger charge is 2.48. The van der Waals surface area contributed by atoms with E-state index in [1.165, 1.54) is 46.3 Å². The number of fused-ring (bicyclic) bond motifs is 1. The van der Waals surface area contributed by atoms with E-state index in [2.05, 4.69) is 20.3 Å². The summed E-state index contributed by atoms with van der Waals surface area (Å²) in [6, 6.07) is 3.89. The van der Waals surface area contributed by atoms with E-state index in [1.807, 2.05) is 0 Å². The summed E-state index contributed by atoms with van der Waals surface area (Å²) < 4.78 is 10.8. The number of carbonyl (C=O) groups excluding carboxylic acids is 1. The van der Waals surface area contributed by atoms with Gasteiger partial charge in [0.15, 0.2) is 23.3 Å². The van der Waals surface area contributed by atoms with E-state index in [1.54, 1.807) is 18.3 Å². The number of nitrogen functional groups attached to an aromatic ring is 1. The molecule has 4 aliphatic rings. The van der Waals surface area contributed by atoms with Crippen molar-refractivity contribution in [1.29, 1.82) is 0 Å². The normalized spacial score (nSPS) is 27.1. The van der Waals surface area contributed by atoms with Crippen LogP contribution in [0.15, 0.2) is 18.3 Å². The first-order chi connectivity index (χ1) is 16.6. The Hall–Kier alpha value is -3.49. The molecule has 0 unspecified atom stereocenters. The maximum atomic E-state index is 11.5. The molecular weight excluding hydrogens is 432 g/mol. The van der Waals surface area contributed by atoms with E-state index < -0.39 is 0 Å². The molecule has 4 fully saturated rings. The Morgan fingerprint density at radius 1 is 0.971 bits per heavy atom. The Bertz CT molecular complexity index is 1230. The van der Waals surface area contributed by atoms with E-state index in [4.69, 9.17) is 20.2 Å². The van der Waals surface area contributed by atoms with Crippen molar-refractivity contribution in [1.82, 2.24) is 19.9 Å². The lowest BCUT2D eigenvalue weighted by molar-refractivity contribution is 0.00746. The predicted molar refractivity (Wildman–Crippen MR) is 128 cm³/mol. The van der Waals surface area contributed by atoms with Crippen molar-refractivity contribution in [2.75, 3.05) is 25.3 Å². The van der Waals surface area contributed by atoms with Gasteiger partial charge in [0.2, 0.25) is 5.95 Å². The van der Waals surface area contributed by atoms with Crippen molar-refractivity contribution in [3.05, 3.63) is 23.9 Å². The highest BCUT2D eigenvalue weighted by Crippen LogP contribution is 2.54. The van der Waals surface area contributed by atoms with Crippen molar-refractivity contribution in [2.45, 2.75) is 38.1 Å². The SMILES string of the molecule is COc1cc(-c2cnc3nc(N)nc(NC4C5CC6CC(C5)CC4C6)c3n2)cc(OC)c1C=O. The minimum atomic E-state index is 0.180. The zero-order valence-electron chi connectivity index (χ0n) is 19.3. The van der Waals surface area contributed by atoms with Crippen LogP contribution in [0.5, 0.6) is 11.5 Å². The summed E-state index contributed by atoms with van der Waals surface area (Å²) in [6.45, 7) is 0. The van der Waals surface area contributed by atoms with Gasteiger partial charge in [0, 0.05) is 11.6 Å². The molecule has 0 spiro atoms. The summed E-state index contributed by atoms with van der Waals surface area (Å²) in [5.41, 5.74) is 8.73. The first-order valence-electron chi connectivity index (χ1n) is 11.8. The molecule has 0 saturated heterocycles. The van der Waals surface area contributed by atoms with Crippen LogP contribution in [0.4, 0.5) is 11.8 Å². The van der Waals surface area contributed by atoms with Gasteiger partial charge in [-0.2, -0.15) is 9.97 Å². The number of aldehydes is 1. The number of nitrogens with two attached hydrogens (primary N) is 1. The van der Waals surface area contributed by atoms with Gasteiger partial charge >= 0.3 is 0 Å². The van der Waals surface area contributed by atoms with Crippen LogP contribution < -0.4 is 20.5 Å². The Morgan fingerprint density at radius 2 is 1.62 bits per heavy atom. The summed E-state index contributed by atoms with van der Waals surface area (Å²) in [6.07, 6.45) is 8.94. The van der Waals surface area contributed by atoms with Crippen LogP contribution in [0.1, 0.15) is 42.5 Å². The molecule has 4 bridgehead atoms. The first kappa shape index (κ1) is 21.1. The third kappa shape index (κ3) is 3.41. The number of hydrogen-bond donors (Lipinski definition) is 2. The van der Waals surface area contributed by atoms with Crippen molar-refractivity contribution < 1.29 is 14.3 Å². The number of anilines is 2. The van der Waals surface area contributed by atoms with Crippen molar-refractivity contribution in [3.63, 3.8) is 0 Å². The van der Waals surface area contributed by atoms with E-state index in [9.17, 15) is 4.79 Å². The molecule has 0 atom stereocenters. The van der Waals surface area contributed by atoms with E-state index in [-0.39, 0.29) is 5.95 Å². The summed E-state index contributed by atoms with van der Waals surface area (Å²) in [4.78, 5) is 29.8. The fourth-order valence-electron chi connectivity index (χ4n) is 6.69. The van der Waals surface area contributed by atoms with Gasteiger partial charge in [-0.3, -0.25) is 4.79 Å². The Kier molecular flexibility index (Phi) is 5.00. The third-order valence-corrected chi connectivity index (χ3v) is 7.91. The molecule has 34 heavy (non-hydrogen) atoms. The van der Waals surface area contributed by atoms with Gasteiger partial charge in [-0.05, 0) is 67.9 Å². The molecule has 7 rings (SSSR count). The highest BCUT2D eigenvalue weighted by atomic mass is 16.5. The van der Waals surface area contributed by atoms with Crippen LogP contribution in [-0.2, 0) is 0 Å². The molecule has 1 aromatic carbocycles. The van der Waals surface area contributed by atoms with Gasteiger partial charge in [0.1, 0.15) is 11.5 Å². The fourth-order valence-corrected chi connectivity index (χ4v) is 6.69. The van der Waals surface area contributed by atoms with Gasteiger partial charge in [-0.25, -0.2) is 9.97 Å². The zero-order chi connectivity index (χ0) is 23.4. The molecule has 9 nitrogen and oxygen atoms in total. The molecule has 4 saturated carbocycles. The molecule has 0 aliphatic heterocycles. The quantitative estimate of drug-likeness (QED) is 0.529. The number of ether oxygens (including phenoxy) is 2. The number of carbonyl (C=O) groups is 1. The van der Waals surface area contributed by atoms with Gasteiger partial charge in [-0.15, -0.1) is 0 Å². The number of hydrogen-bond acceptors (Lipinski definition) is 9. The van der Waals surface area contributed by atoms with Gasteiger partial charge in [-0.1, -0.05) is 0 Å². The lowest BCUT2D eigenvalue weighted by Gasteiger charge is -2.54. The molecule has 2 aromatic heterocycles. The predicted octanol–water partition coefficient (Wildman–Crippen LogP) is 3.74. The fraction of sp³-hybridized carbons (Fsp3) is 0.480. The molecule has 0 amide bonds. The lowest BCUT2D eigenvalue weighted by atomic mass is 9.54. The second-order valence-electron chi connectivity index (χ2n) is 9.87. The summed E-state index contributed by atoms with van der Waals surface area (Å²) >= 11 is 0. The Morgan fingerprint density at radius 3 is 2.21 bits per heavy atom. The second kappa shape index (κ2) is 8.07. The first-order valence-corrected chi connectivity index (χ1v) is 11.8. The van der Waals surface area contributed by atoms with Gasteiger partial charge in [0.25, 0.3) is 0 Å². The van der Waals surface area contributed by atoms with Crippen LogP contribution >= 0.6 is 0 Å². The lowest BCUT2D eigenvalue weighted by Crippen LogP contribution is -2.51. The highest BCUT2D eigenvalue weighted by molar-refractivity contribution is 5.88. The third-order valence-electron chi connectivity index (χ3n) is 7.91. The van der Waals surface area contributed by atoms with Crippen LogP contribution in [-0.4, -0.2) is 46.5 Å². The number of nitrogens with one attached hydrogen (secondary N) is 1. The van der Waals surface area contributed by atoms with Crippen molar-refractivity contribution >= 4 is 29.2 Å². The van der Waals surface area contributed by atoms with Crippen LogP contribution in [0.2, 0.25) is 0 Å². The number of nitrogens with zero attached hydrogens (tertiary/aromatic N) is 4. The maximum absolute atomic E-state index is 11.5. The van der Waals surface area contributed by atoms with Crippen molar-refractivity contribution in [2.24, 2.45) is 23.7 Å². The van der Waals surface area contributed by atoms with Gasteiger partial charge in [0.05, 0.1) is 31.7 Å². The summed E-state index contributed by atoms with van der Waals surface area (Å²) in [5, 5.41) is 3.72. The minimum Gasteiger partial charge on any atom is -0.496 e. The largest absolute Gasteiger partial charge is 0.496 e. The summed E-state index contributed by atoms with van der Waals surface area (Å²) in [5.74, 6) is 4.75. The molecule has 4 aliphatic carbocycles. The van der Waals surface area contributed by atoms with Crippen molar-refractivity contribution in [3.8, 4) is 22.8 Å². The van der Waals surface area contributed by atoms with Crippen LogP contribution in [0, 0.1) is 23.7 Å². The van der Waals surface area contributed by atoms with Gasteiger partial charge < -0.3 is 20.5 Å². The second-order valence-corrected chi connectivity index (χ2v) is 9.87. The zero-order valence-corrected chi connectivity index (χ0v) is 19.3. The Balaban J connectivity index is 1.41. The molecule has 2 heterocycles. The number of benzene rings is 1. The molecule has 176 valence electrons. The topological polar surface area (TPSA) is 125 Å². The monoisotopic (exact) mass is 460 g/mol. The van der Waals surface area contributed by atoms with Crippen LogP contribution in [0.25, 0.3) is 22.4 Å². The minimum absolute atomic E-state index is 0.180. The van der Waals surface area contributed by atoms with E-state index >= 15 is 0 Å². The number of rotatable bonds is 6. The van der Waals surface area contributed by atoms with E-state index in [0.717, 1.165) is 18.1 Å². The molecular formula is C25H28N6O3. The number of methoxy groups -OCH3 is 2. The smallest absolute Gasteiger partial charge is 0.224 e. The Labute approximate surface area is 197 Å². The molecule has 3 aromatic rings. The molecule has 9 heteroatoms. The average molecular weight is 461 g/mol. The molecule has 3 N–H and O–H groups in total.